The number of carbonyl (C=O) groups excluding carboxylic acids is 2. The molecule has 2 aromatic heterocycles. The normalized spacial score (nSPS) is 17.3. The van der Waals surface area contributed by atoms with Crippen molar-refractivity contribution in [1.82, 2.24) is 14.5 Å². The van der Waals surface area contributed by atoms with Crippen LogP contribution in [0.3, 0.4) is 0 Å². The highest BCUT2D eigenvalue weighted by Gasteiger charge is 2.43. The van der Waals surface area contributed by atoms with Crippen LogP contribution in [-0.4, -0.2) is 71.6 Å². The summed E-state index contributed by atoms with van der Waals surface area (Å²) in [4.78, 5) is 45.6. The number of benzene rings is 1. The van der Waals surface area contributed by atoms with Gasteiger partial charge in [-0.3, -0.25) is 14.4 Å². The third kappa shape index (κ3) is 7.16. The molecule has 1 aliphatic carbocycles. The van der Waals surface area contributed by atoms with Gasteiger partial charge in [0, 0.05) is 55.1 Å². The highest BCUT2D eigenvalue weighted by molar-refractivity contribution is 6.76. The summed E-state index contributed by atoms with van der Waals surface area (Å²) in [5.74, 6) is 0.503. The number of rotatable bonds is 15. The Bertz CT molecular complexity index is 1740. The highest BCUT2D eigenvalue weighted by Crippen LogP contribution is 2.43. The molecule has 254 valence electrons. The van der Waals surface area contributed by atoms with Crippen molar-refractivity contribution in [3.8, 4) is 17.1 Å². The van der Waals surface area contributed by atoms with Gasteiger partial charge >= 0.3 is 0 Å². The smallest absolute Gasteiger partial charge is 0.254 e. The molecule has 47 heavy (non-hydrogen) atoms. The minimum Gasteiger partial charge on any atom is -0.493 e. The molecule has 1 aromatic carbocycles. The van der Waals surface area contributed by atoms with Gasteiger partial charge in [-0.2, -0.15) is 0 Å². The Morgan fingerprint density at radius 1 is 1.06 bits per heavy atom. The lowest BCUT2D eigenvalue weighted by Gasteiger charge is -2.32. The van der Waals surface area contributed by atoms with Crippen molar-refractivity contribution in [2.75, 3.05) is 27.3 Å². The van der Waals surface area contributed by atoms with Crippen LogP contribution in [0.2, 0.25) is 25.7 Å². The van der Waals surface area contributed by atoms with Crippen molar-refractivity contribution in [1.29, 1.82) is 0 Å². The first-order chi connectivity index (χ1) is 22.3. The molecule has 0 saturated carbocycles. The lowest BCUT2D eigenvalue weighted by Crippen LogP contribution is -2.43. The molecule has 0 saturated heterocycles. The summed E-state index contributed by atoms with van der Waals surface area (Å²) in [7, 11) is 2.65. The molecule has 0 bridgehead atoms. The quantitative estimate of drug-likeness (QED) is 0.129. The summed E-state index contributed by atoms with van der Waals surface area (Å²) in [6.07, 6.45) is 5.54. The number of fused-ring (bicyclic) bond motifs is 5. The van der Waals surface area contributed by atoms with Crippen LogP contribution in [0, 0.1) is 0 Å². The zero-order valence-electron chi connectivity index (χ0n) is 29.0. The summed E-state index contributed by atoms with van der Waals surface area (Å²) >= 11 is 0. The number of carbonyl (C=O) groups is 2. The zero-order chi connectivity index (χ0) is 34.1. The van der Waals surface area contributed by atoms with E-state index in [1.807, 2.05) is 18.2 Å². The van der Waals surface area contributed by atoms with Crippen molar-refractivity contribution in [3.63, 3.8) is 0 Å². The number of Topliss-reactive ketones (excluding diaryl/α,β-unsaturated/α-hetero) is 2. The van der Waals surface area contributed by atoms with Gasteiger partial charge in [0.25, 0.3) is 5.56 Å². The van der Waals surface area contributed by atoms with E-state index in [1.54, 1.807) is 11.5 Å². The number of aromatic nitrogens is 2. The summed E-state index contributed by atoms with van der Waals surface area (Å²) in [5.41, 5.74) is 4.87. The number of aliphatic hydroxyl groups is 2. The Labute approximate surface area is 279 Å². The number of aliphatic hydroxyl groups excluding tert-OH is 1. The molecule has 1 atom stereocenters. The van der Waals surface area contributed by atoms with Crippen LogP contribution < -0.4 is 10.3 Å². The number of hydrogen-bond acceptors (Lipinski definition) is 8. The fourth-order valence-corrected chi connectivity index (χ4v) is 8.13. The van der Waals surface area contributed by atoms with E-state index in [2.05, 4.69) is 38.6 Å². The summed E-state index contributed by atoms with van der Waals surface area (Å²) in [6, 6.07) is 6.97. The largest absolute Gasteiger partial charge is 0.493 e. The molecule has 0 unspecified atom stereocenters. The highest BCUT2D eigenvalue weighted by atomic mass is 28.3. The molecule has 9 nitrogen and oxygen atoms in total. The van der Waals surface area contributed by atoms with Crippen LogP contribution in [0.5, 0.6) is 5.75 Å². The predicted molar refractivity (Wildman–Crippen MR) is 188 cm³/mol. The molecule has 3 aromatic rings. The number of pyridine rings is 2. The van der Waals surface area contributed by atoms with Gasteiger partial charge in [0.2, 0.25) is 0 Å². The van der Waals surface area contributed by atoms with E-state index in [4.69, 9.17) is 14.8 Å². The van der Waals surface area contributed by atoms with Gasteiger partial charge in [0.05, 0.1) is 30.1 Å². The first kappa shape index (κ1) is 35.1. The summed E-state index contributed by atoms with van der Waals surface area (Å²) < 4.78 is 8.24. The maximum Gasteiger partial charge on any atom is 0.254 e. The standard InChI is InChI=1S/C37H51N3O6Si/c1-7-37(45)29-20-31-35-27(22-40(31)36(44)26(29)13-16-33(37)43)25(17-19-47(4,5)6)34-28(21-39(2)3)32(15-14-30(34)38-35)46-18-11-9-8-10-12-24(42)23-41/h14-15,20,41,45H,7-13,16-19,21-23H2,1-6H3/t37-/m0/s1. The molecule has 2 aliphatic rings. The molecule has 0 radical (unpaired) electrons. The van der Waals surface area contributed by atoms with Gasteiger partial charge in [0.1, 0.15) is 18.0 Å². The van der Waals surface area contributed by atoms with Crippen molar-refractivity contribution in [3.05, 3.63) is 56.4 Å². The van der Waals surface area contributed by atoms with Crippen LogP contribution in [0.15, 0.2) is 23.0 Å². The van der Waals surface area contributed by atoms with Crippen LogP contribution in [-0.2, 0) is 41.1 Å². The predicted octanol–water partition coefficient (Wildman–Crippen LogP) is 5.37. The molecule has 5 rings (SSSR count). The Hall–Kier alpha value is -3.18. The minimum atomic E-state index is -1.65. The van der Waals surface area contributed by atoms with E-state index in [-0.39, 0.29) is 36.6 Å². The number of unbranched alkanes of at least 4 members (excludes halogenated alkanes) is 3. The first-order valence-electron chi connectivity index (χ1n) is 17.2. The Balaban J connectivity index is 1.58. The third-order valence-corrected chi connectivity index (χ3v) is 11.5. The zero-order valence-corrected chi connectivity index (χ0v) is 30.0. The van der Waals surface area contributed by atoms with Crippen LogP contribution in [0.1, 0.15) is 79.7 Å². The maximum atomic E-state index is 14.0. The van der Waals surface area contributed by atoms with Crippen LogP contribution in [0.4, 0.5) is 0 Å². The van der Waals surface area contributed by atoms with Crippen LogP contribution in [0.25, 0.3) is 22.3 Å². The number of ether oxygens (including phenoxy) is 1. The Morgan fingerprint density at radius 2 is 1.81 bits per heavy atom. The van der Waals surface area contributed by atoms with Gasteiger partial charge in [-0.1, -0.05) is 45.5 Å². The van der Waals surface area contributed by atoms with Crippen molar-refractivity contribution >= 4 is 30.5 Å². The van der Waals surface area contributed by atoms with E-state index < -0.39 is 13.7 Å². The lowest BCUT2D eigenvalue weighted by molar-refractivity contribution is -0.140. The molecule has 0 fully saturated rings. The second kappa shape index (κ2) is 14.1. The Kier molecular flexibility index (Phi) is 10.6. The second-order valence-electron chi connectivity index (χ2n) is 14.8. The molecular formula is C37H51N3O6Si. The van der Waals surface area contributed by atoms with E-state index in [9.17, 15) is 19.5 Å². The van der Waals surface area contributed by atoms with E-state index in [0.717, 1.165) is 71.6 Å². The van der Waals surface area contributed by atoms with E-state index >= 15 is 0 Å². The lowest BCUT2D eigenvalue weighted by atomic mass is 9.77. The summed E-state index contributed by atoms with van der Waals surface area (Å²) in [5, 5.41) is 21.5. The average Bonchev–Trinajstić information content (AvgIpc) is 3.39. The van der Waals surface area contributed by atoms with E-state index in [1.165, 1.54) is 5.56 Å². The topological polar surface area (TPSA) is 122 Å². The van der Waals surface area contributed by atoms with Crippen LogP contribution >= 0.6 is 0 Å². The van der Waals surface area contributed by atoms with Gasteiger partial charge in [0.15, 0.2) is 11.6 Å². The number of ketones is 2. The minimum absolute atomic E-state index is 0.110. The molecule has 1 aliphatic heterocycles. The molecule has 2 N–H and O–H groups in total. The van der Waals surface area contributed by atoms with Gasteiger partial charge in [-0.25, -0.2) is 4.98 Å². The molecule has 0 amide bonds. The molecule has 10 heteroatoms. The number of aryl methyl sites for hydroxylation is 1. The second-order valence-corrected chi connectivity index (χ2v) is 20.4. The number of nitrogens with zero attached hydrogens (tertiary/aromatic N) is 3. The first-order valence-corrected chi connectivity index (χ1v) is 20.9. The van der Waals surface area contributed by atoms with Gasteiger partial charge in [-0.05, 0) is 70.0 Å². The van der Waals surface area contributed by atoms with E-state index in [0.29, 0.717) is 49.4 Å². The third-order valence-electron chi connectivity index (χ3n) is 9.80. The summed E-state index contributed by atoms with van der Waals surface area (Å²) in [6.45, 7) is 10.2. The maximum absolute atomic E-state index is 14.0. The average molecular weight is 662 g/mol. The monoisotopic (exact) mass is 661 g/mol. The fourth-order valence-electron chi connectivity index (χ4n) is 7.13. The Morgan fingerprint density at radius 3 is 2.49 bits per heavy atom. The molecular weight excluding hydrogens is 611 g/mol. The van der Waals surface area contributed by atoms with Crippen molar-refractivity contribution in [2.45, 2.75) is 109 Å². The van der Waals surface area contributed by atoms with Gasteiger partial charge < -0.3 is 24.4 Å². The molecule has 3 heterocycles. The van der Waals surface area contributed by atoms with Crippen molar-refractivity contribution < 1.29 is 24.5 Å². The SMILES string of the molecule is CC[C@@]1(O)C(=O)CCc2c1cc1n(c2=O)Cc2c-1nc1ccc(OCCCCCCC(=O)CO)c(CN(C)C)c1c2CC[Si](C)(C)C. The van der Waals surface area contributed by atoms with Gasteiger partial charge in [-0.15, -0.1) is 0 Å². The fraction of sp³-hybridized carbons (Fsp3) is 0.568. The molecule has 0 spiro atoms. The number of hydrogen-bond donors (Lipinski definition) is 2. The van der Waals surface area contributed by atoms with Crippen molar-refractivity contribution in [2.24, 2.45) is 0 Å².